The van der Waals surface area contributed by atoms with Crippen LogP contribution in [0.4, 0.5) is 4.39 Å². The molecule has 1 rings (SSSR count). The third-order valence-electron chi connectivity index (χ3n) is 2.82. The zero-order valence-electron chi connectivity index (χ0n) is 10.5. The Labute approximate surface area is 111 Å². The third-order valence-corrected chi connectivity index (χ3v) is 3.32. The molecule has 0 aliphatic rings. The molecule has 96 valence electrons. The predicted molar refractivity (Wildman–Crippen MR) is 71.7 cm³/mol. The Morgan fingerprint density at radius 2 is 2.18 bits per heavy atom. The van der Waals surface area contributed by atoms with Crippen LogP contribution in [0.5, 0.6) is 0 Å². The molecular formula is C13H19BrFNO. The maximum absolute atomic E-state index is 13.7. The summed E-state index contributed by atoms with van der Waals surface area (Å²) in [6.07, 6.45) is 0.685. The first-order chi connectivity index (χ1) is 8.08. The van der Waals surface area contributed by atoms with Gasteiger partial charge in [-0.1, -0.05) is 22.0 Å². The average molecular weight is 304 g/mol. The van der Waals surface area contributed by atoms with Crippen molar-refractivity contribution in [2.75, 3.05) is 13.7 Å². The SMILES string of the molecule is CCOC(C)C(Cc1ccc(Br)cc1F)NC. The Bertz CT molecular complexity index is 359. The molecule has 0 spiro atoms. The van der Waals surface area contributed by atoms with E-state index in [2.05, 4.69) is 21.2 Å². The molecule has 2 atom stereocenters. The molecule has 1 aromatic carbocycles. The van der Waals surface area contributed by atoms with E-state index in [9.17, 15) is 4.39 Å². The smallest absolute Gasteiger partial charge is 0.127 e. The van der Waals surface area contributed by atoms with Crippen LogP contribution in [0.2, 0.25) is 0 Å². The number of benzene rings is 1. The summed E-state index contributed by atoms with van der Waals surface area (Å²) in [4.78, 5) is 0. The van der Waals surface area contributed by atoms with E-state index in [1.54, 1.807) is 0 Å². The lowest BCUT2D eigenvalue weighted by molar-refractivity contribution is 0.0495. The van der Waals surface area contributed by atoms with E-state index in [4.69, 9.17) is 4.74 Å². The fourth-order valence-electron chi connectivity index (χ4n) is 1.81. The summed E-state index contributed by atoms with van der Waals surface area (Å²) in [5.74, 6) is -0.177. The van der Waals surface area contributed by atoms with Crippen LogP contribution in [0.25, 0.3) is 0 Å². The van der Waals surface area contributed by atoms with Gasteiger partial charge in [-0.25, -0.2) is 4.39 Å². The Morgan fingerprint density at radius 3 is 2.71 bits per heavy atom. The minimum atomic E-state index is -0.177. The van der Waals surface area contributed by atoms with Crippen LogP contribution in [0.1, 0.15) is 19.4 Å². The van der Waals surface area contributed by atoms with E-state index < -0.39 is 0 Å². The molecule has 2 nitrogen and oxygen atoms in total. The molecule has 0 radical (unpaired) electrons. The minimum Gasteiger partial charge on any atom is -0.377 e. The van der Waals surface area contributed by atoms with Gasteiger partial charge in [0.2, 0.25) is 0 Å². The quantitative estimate of drug-likeness (QED) is 0.872. The van der Waals surface area contributed by atoms with E-state index in [0.29, 0.717) is 18.6 Å². The largest absolute Gasteiger partial charge is 0.377 e. The van der Waals surface area contributed by atoms with Crippen LogP contribution in [-0.4, -0.2) is 25.8 Å². The van der Waals surface area contributed by atoms with E-state index in [1.165, 1.54) is 6.07 Å². The summed E-state index contributed by atoms with van der Waals surface area (Å²) in [7, 11) is 1.87. The van der Waals surface area contributed by atoms with Gasteiger partial charge in [0.25, 0.3) is 0 Å². The Morgan fingerprint density at radius 1 is 1.47 bits per heavy atom. The number of hydrogen-bond acceptors (Lipinski definition) is 2. The lowest BCUT2D eigenvalue weighted by Gasteiger charge is -2.23. The maximum Gasteiger partial charge on any atom is 0.127 e. The monoisotopic (exact) mass is 303 g/mol. The van der Waals surface area contributed by atoms with Gasteiger partial charge in [0.15, 0.2) is 0 Å². The number of halogens is 2. The first-order valence-corrected chi connectivity index (χ1v) is 6.60. The average Bonchev–Trinajstić information content (AvgIpc) is 2.28. The second-order valence-corrected chi connectivity index (χ2v) is 4.91. The molecule has 0 saturated carbocycles. The van der Waals surface area contributed by atoms with Crippen LogP contribution in [0.15, 0.2) is 22.7 Å². The first-order valence-electron chi connectivity index (χ1n) is 5.81. The third kappa shape index (κ3) is 4.37. The standard InChI is InChI=1S/C13H19BrFNO/c1-4-17-9(2)13(16-3)7-10-5-6-11(14)8-12(10)15/h5-6,8-9,13,16H,4,7H2,1-3H3. The van der Waals surface area contributed by atoms with Gasteiger partial charge >= 0.3 is 0 Å². The Hall–Kier alpha value is -0.450. The molecule has 0 fully saturated rings. The highest BCUT2D eigenvalue weighted by molar-refractivity contribution is 9.10. The topological polar surface area (TPSA) is 21.3 Å². The highest BCUT2D eigenvalue weighted by Gasteiger charge is 2.17. The molecule has 0 heterocycles. The van der Waals surface area contributed by atoms with Gasteiger partial charge in [0.1, 0.15) is 5.82 Å². The van der Waals surface area contributed by atoms with Crippen molar-refractivity contribution < 1.29 is 9.13 Å². The van der Waals surface area contributed by atoms with E-state index in [-0.39, 0.29) is 18.0 Å². The lowest BCUT2D eigenvalue weighted by Crippen LogP contribution is -2.39. The van der Waals surface area contributed by atoms with Crippen LogP contribution in [0, 0.1) is 5.82 Å². The number of ether oxygens (including phenoxy) is 1. The molecule has 0 amide bonds. The van der Waals surface area contributed by atoms with Gasteiger partial charge < -0.3 is 10.1 Å². The molecule has 0 aliphatic carbocycles. The maximum atomic E-state index is 13.7. The number of nitrogens with one attached hydrogen (secondary N) is 1. The van der Waals surface area contributed by atoms with Crippen molar-refractivity contribution >= 4 is 15.9 Å². The zero-order chi connectivity index (χ0) is 12.8. The molecule has 17 heavy (non-hydrogen) atoms. The van der Waals surface area contributed by atoms with Crippen LogP contribution in [-0.2, 0) is 11.2 Å². The number of hydrogen-bond donors (Lipinski definition) is 1. The van der Waals surface area contributed by atoms with E-state index >= 15 is 0 Å². The van der Waals surface area contributed by atoms with E-state index in [0.717, 1.165) is 4.47 Å². The van der Waals surface area contributed by atoms with Gasteiger partial charge in [-0.05, 0) is 45.0 Å². The van der Waals surface area contributed by atoms with Gasteiger partial charge in [-0.15, -0.1) is 0 Å². The molecule has 4 heteroatoms. The molecular weight excluding hydrogens is 285 g/mol. The summed E-state index contributed by atoms with van der Waals surface area (Å²) < 4.78 is 20.0. The second kappa shape index (κ2) is 7.09. The number of likely N-dealkylation sites (N-methyl/N-ethyl adjacent to an activating group) is 1. The van der Waals surface area contributed by atoms with Crippen molar-refractivity contribution in [2.45, 2.75) is 32.4 Å². The molecule has 1 aromatic rings. The summed E-state index contributed by atoms with van der Waals surface area (Å²) in [6, 6.07) is 5.28. The van der Waals surface area contributed by atoms with Crippen LogP contribution < -0.4 is 5.32 Å². The van der Waals surface area contributed by atoms with Crippen LogP contribution in [0.3, 0.4) is 0 Å². The lowest BCUT2D eigenvalue weighted by atomic mass is 10.0. The van der Waals surface area contributed by atoms with Crippen molar-refractivity contribution in [3.8, 4) is 0 Å². The number of rotatable bonds is 6. The van der Waals surface area contributed by atoms with Crippen molar-refractivity contribution in [3.63, 3.8) is 0 Å². The molecule has 1 N–H and O–H groups in total. The highest BCUT2D eigenvalue weighted by atomic mass is 79.9. The summed E-state index contributed by atoms with van der Waals surface area (Å²) in [5.41, 5.74) is 0.708. The summed E-state index contributed by atoms with van der Waals surface area (Å²) in [6.45, 7) is 4.63. The zero-order valence-corrected chi connectivity index (χ0v) is 12.1. The molecule has 0 saturated heterocycles. The first kappa shape index (κ1) is 14.6. The van der Waals surface area contributed by atoms with Crippen molar-refractivity contribution in [3.05, 3.63) is 34.1 Å². The minimum absolute atomic E-state index is 0.0630. The normalized spacial score (nSPS) is 14.6. The van der Waals surface area contributed by atoms with Gasteiger partial charge in [0.05, 0.1) is 6.10 Å². The van der Waals surface area contributed by atoms with Crippen LogP contribution >= 0.6 is 15.9 Å². The second-order valence-electron chi connectivity index (χ2n) is 4.00. The predicted octanol–water partition coefficient (Wildman–Crippen LogP) is 3.14. The van der Waals surface area contributed by atoms with Gasteiger partial charge in [-0.2, -0.15) is 0 Å². The van der Waals surface area contributed by atoms with Gasteiger partial charge in [-0.3, -0.25) is 0 Å². The van der Waals surface area contributed by atoms with Gasteiger partial charge in [0, 0.05) is 17.1 Å². The Kier molecular flexibility index (Phi) is 6.09. The summed E-state index contributed by atoms with van der Waals surface area (Å²) in [5, 5.41) is 3.17. The van der Waals surface area contributed by atoms with Crippen molar-refractivity contribution in [1.82, 2.24) is 5.32 Å². The highest BCUT2D eigenvalue weighted by Crippen LogP contribution is 2.17. The Balaban J connectivity index is 2.73. The van der Waals surface area contributed by atoms with E-state index in [1.807, 2.05) is 33.0 Å². The molecule has 0 aromatic heterocycles. The molecule has 2 unspecified atom stereocenters. The summed E-state index contributed by atoms with van der Waals surface area (Å²) >= 11 is 3.25. The fraction of sp³-hybridized carbons (Fsp3) is 0.538. The molecule has 0 aliphatic heterocycles. The van der Waals surface area contributed by atoms with Crippen molar-refractivity contribution in [2.24, 2.45) is 0 Å². The molecule has 0 bridgehead atoms. The van der Waals surface area contributed by atoms with Crippen molar-refractivity contribution in [1.29, 1.82) is 0 Å². The fourth-order valence-corrected chi connectivity index (χ4v) is 2.14.